The van der Waals surface area contributed by atoms with Gasteiger partial charge in [0.2, 0.25) is 0 Å². The lowest BCUT2D eigenvalue weighted by Gasteiger charge is -2.35. The van der Waals surface area contributed by atoms with E-state index in [1.807, 2.05) is 0 Å². The number of hydrogen-bond donors (Lipinski definition) is 1. The Labute approximate surface area is 124 Å². The fraction of sp³-hybridized carbons (Fsp3) is 0.667. The Kier molecular flexibility index (Phi) is 5.62. The minimum Gasteiger partial charge on any atom is -0.311 e. The first kappa shape index (κ1) is 15.5. The molecule has 1 fully saturated rings. The van der Waals surface area contributed by atoms with Gasteiger partial charge in [0.15, 0.2) is 0 Å². The Morgan fingerprint density at radius 2 is 2.05 bits per heavy atom. The van der Waals surface area contributed by atoms with E-state index >= 15 is 0 Å². The van der Waals surface area contributed by atoms with Crippen LogP contribution in [0.25, 0.3) is 0 Å². The molecule has 3 atom stereocenters. The molecule has 1 aromatic carbocycles. The molecular formula is C18H30N2. The minimum absolute atomic E-state index is 0.540. The van der Waals surface area contributed by atoms with E-state index in [0.29, 0.717) is 12.1 Å². The van der Waals surface area contributed by atoms with Crippen LogP contribution in [0.4, 0.5) is 0 Å². The number of benzene rings is 1. The first-order chi connectivity index (χ1) is 9.56. The third kappa shape index (κ3) is 4.32. The maximum Gasteiger partial charge on any atom is 0.00818 e. The predicted molar refractivity (Wildman–Crippen MR) is 87.2 cm³/mol. The molecule has 1 N–H and O–H groups in total. The van der Waals surface area contributed by atoms with Crippen molar-refractivity contribution < 1.29 is 0 Å². The van der Waals surface area contributed by atoms with Gasteiger partial charge in [0.25, 0.3) is 0 Å². The molecule has 0 amide bonds. The summed E-state index contributed by atoms with van der Waals surface area (Å²) in [6.45, 7) is 9.39. The first-order valence-electron chi connectivity index (χ1n) is 8.05. The van der Waals surface area contributed by atoms with Crippen LogP contribution >= 0.6 is 0 Å². The Hall–Kier alpha value is -0.860. The first-order valence-corrected chi connectivity index (χ1v) is 8.05. The summed E-state index contributed by atoms with van der Waals surface area (Å²) < 4.78 is 0. The van der Waals surface area contributed by atoms with Crippen molar-refractivity contribution in [2.75, 3.05) is 20.1 Å². The van der Waals surface area contributed by atoms with Crippen LogP contribution in [0.1, 0.15) is 37.8 Å². The highest BCUT2D eigenvalue weighted by molar-refractivity contribution is 5.26. The molecule has 1 aliphatic heterocycles. The minimum atomic E-state index is 0.540. The molecule has 2 rings (SSSR count). The molecule has 1 aromatic rings. The molecule has 1 heterocycles. The molecule has 0 spiro atoms. The van der Waals surface area contributed by atoms with Gasteiger partial charge in [-0.15, -0.1) is 0 Å². The molecule has 0 aromatic heterocycles. The molecule has 3 unspecified atom stereocenters. The summed E-state index contributed by atoms with van der Waals surface area (Å²) >= 11 is 0. The summed E-state index contributed by atoms with van der Waals surface area (Å²) in [6, 6.07) is 9.88. The van der Waals surface area contributed by atoms with Gasteiger partial charge in [-0.05, 0) is 70.7 Å². The van der Waals surface area contributed by atoms with Gasteiger partial charge in [-0.1, -0.05) is 24.3 Å². The van der Waals surface area contributed by atoms with E-state index in [0.717, 1.165) is 12.3 Å². The molecule has 112 valence electrons. The molecule has 0 saturated carbocycles. The van der Waals surface area contributed by atoms with E-state index in [1.54, 1.807) is 0 Å². The zero-order valence-electron chi connectivity index (χ0n) is 13.5. The van der Waals surface area contributed by atoms with Gasteiger partial charge in [0.1, 0.15) is 0 Å². The van der Waals surface area contributed by atoms with Gasteiger partial charge in [0, 0.05) is 18.6 Å². The van der Waals surface area contributed by atoms with E-state index in [-0.39, 0.29) is 0 Å². The van der Waals surface area contributed by atoms with Gasteiger partial charge in [-0.3, -0.25) is 0 Å². The lowest BCUT2D eigenvalue weighted by molar-refractivity contribution is 0.174. The van der Waals surface area contributed by atoms with Crippen molar-refractivity contribution >= 4 is 0 Å². The molecule has 20 heavy (non-hydrogen) atoms. The molecule has 0 aliphatic carbocycles. The predicted octanol–water partition coefficient (Wildman–Crippen LogP) is 3.25. The maximum absolute atomic E-state index is 3.82. The monoisotopic (exact) mass is 274 g/mol. The van der Waals surface area contributed by atoms with Crippen LogP contribution in [0.5, 0.6) is 0 Å². The van der Waals surface area contributed by atoms with E-state index in [9.17, 15) is 0 Å². The number of aryl methyl sites for hydroxylation is 1. The van der Waals surface area contributed by atoms with Gasteiger partial charge >= 0.3 is 0 Å². The largest absolute Gasteiger partial charge is 0.311 e. The van der Waals surface area contributed by atoms with Crippen molar-refractivity contribution in [3.8, 4) is 0 Å². The van der Waals surface area contributed by atoms with Gasteiger partial charge in [0.05, 0.1) is 0 Å². The molecular weight excluding hydrogens is 244 g/mol. The summed E-state index contributed by atoms with van der Waals surface area (Å²) in [5.74, 6) is 0.799. The van der Waals surface area contributed by atoms with E-state index in [2.05, 4.69) is 62.3 Å². The Morgan fingerprint density at radius 3 is 2.75 bits per heavy atom. The average molecular weight is 274 g/mol. The van der Waals surface area contributed by atoms with Crippen molar-refractivity contribution in [2.24, 2.45) is 5.92 Å². The number of likely N-dealkylation sites (tertiary alicyclic amines) is 1. The Morgan fingerprint density at radius 1 is 1.30 bits per heavy atom. The zero-order valence-corrected chi connectivity index (χ0v) is 13.5. The maximum atomic E-state index is 3.82. The lowest BCUT2D eigenvalue weighted by atomic mass is 9.91. The molecule has 2 heteroatoms. The number of nitrogens with zero attached hydrogens (tertiary/aromatic N) is 1. The number of piperidine rings is 1. The van der Waals surface area contributed by atoms with Crippen LogP contribution in [0.15, 0.2) is 24.3 Å². The normalized spacial score (nSPS) is 23.5. The second-order valence-corrected chi connectivity index (χ2v) is 6.65. The SMILES string of the molecule is Cc1ccccc1CC(C)NC(C)C1CCCN(C)C1. The Bertz CT molecular complexity index is 416. The Balaban J connectivity index is 1.84. The van der Waals surface area contributed by atoms with Gasteiger partial charge < -0.3 is 10.2 Å². The summed E-state index contributed by atoms with van der Waals surface area (Å²) in [4.78, 5) is 2.47. The van der Waals surface area contributed by atoms with Gasteiger partial charge in [-0.25, -0.2) is 0 Å². The van der Waals surface area contributed by atoms with E-state index in [1.165, 1.54) is 37.1 Å². The highest BCUT2D eigenvalue weighted by Gasteiger charge is 2.23. The van der Waals surface area contributed by atoms with Crippen LogP contribution in [0.2, 0.25) is 0 Å². The summed E-state index contributed by atoms with van der Waals surface area (Å²) in [5, 5.41) is 3.82. The van der Waals surface area contributed by atoms with E-state index < -0.39 is 0 Å². The third-order valence-electron chi connectivity index (χ3n) is 4.70. The third-order valence-corrected chi connectivity index (χ3v) is 4.70. The topological polar surface area (TPSA) is 15.3 Å². The molecule has 2 nitrogen and oxygen atoms in total. The van der Waals surface area contributed by atoms with Gasteiger partial charge in [-0.2, -0.15) is 0 Å². The molecule has 0 bridgehead atoms. The van der Waals surface area contributed by atoms with Crippen LogP contribution < -0.4 is 5.32 Å². The fourth-order valence-electron chi connectivity index (χ4n) is 3.43. The number of rotatable bonds is 5. The van der Waals surface area contributed by atoms with Crippen LogP contribution in [-0.2, 0) is 6.42 Å². The fourth-order valence-corrected chi connectivity index (χ4v) is 3.43. The van der Waals surface area contributed by atoms with Crippen molar-refractivity contribution in [1.29, 1.82) is 0 Å². The van der Waals surface area contributed by atoms with Crippen molar-refractivity contribution in [1.82, 2.24) is 10.2 Å². The van der Waals surface area contributed by atoms with Crippen molar-refractivity contribution in [2.45, 2.75) is 52.1 Å². The second-order valence-electron chi connectivity index (χ2n) is 6.65. The highest BCUT2D eigenvalue weighted by atomic mass is 15.1. The standard InChI is InChI=1S/C18H30N2/c1-14-8-5-6-9-17(14)12-15(2)19-16(3)18-10-7-11-20(4)13-18/h5-6,8-9,15-16,18-19H,7,10-13H2,1-4H3. The quantitative estimate of drug-likeness (QED) is 0.886. The second kappa shape index (κ2) is 7.24. The number of hydrogen-bond acceptors (Lipinski definition) is 2. The van der Waals surface area contributed by atoms with E-state index in [4.69, 9.17) is 0 Å². The molecule has 0 radical (unpaired) electrons. The van der Waals surface area contributed by atoms with Crippen LogP contribution in [0.3, 0.4) is 0 Å². The lowest BCUT2D eigenvalue weighted by Crippen LogP contribution is -2.46. The average Bonchev–Trinajstić information content (AvgIpc) is 2.41. The summed E-state index contributed by atoms with van der Waals surface area (Å²) in [7, 11) is 2.25. The van der Waals surface area contributed by atoms with Crippen LogP contribution in [-0.4, -0.2) is 37.1 Å². The smallest absolute Gasteiger partial charge is 0.00818 e. The van der Waals surface area contributed by atoms with Crippen LogP contribution in [0, 0.1) is 12.8 Å². The highest BCUT2D eigenvalue weighted by Crippen LogP contribution is 2.19. The summed E-state index contributed by atoms with van der Waals surface area (Å²) in [5.41, 5.74) is 2.88. The van der Waals surface area contributed by atoms with Crippen molar-refractivity contribution in [3.05, 3.63) is 35.4 Å². The van der Waals surface area contributed by atoms with Crippen molar-refractivity contribution in [3.63, 3.8) is 0 Å². The molecule has 1 aliphatic rings. The molecule has 1 saturated heterocycles. The number of nitrogens with one attached hydrogen (secondary N) is 1. The zero-order chi connectivity index (χ0) is 14.5. The summed E-state index contributed by atoms with van der Waals surface area (Å²) in [6.07, 6.45) is 3.84.